The number of piperidine rings is 1. The molecule has 1 fully saturated rings. The van der Waals surface area contributed by atoms with Crippen molar-refractivity contribution in [3.63, 3.8) is 0 Å². The van der Waals surface area contributed by atoms with E-state index < -0.39 is 11.6 Å². The zero-order chi connectivity index (χ0) is 27.1. The highest BCUT2D eigenvalue weighted by atomic mass is 19.2. The lowest BCUT2D eigenvalue weighted by Gasteiger charge is -2.26. The number of aromatic nitrogens is 2. The Balaban J connectivity index is 1.54. The maximum absolute atomic E-state index is 15.0. The van der Waals surface area contributed by atoms with Gasteiger partial charge in [-0.25, -0.2) is 8.78 Å². The summed E-state index contributed by atoms with van der Waals surface area (Å²) >= 11 is 0. The third kappa shape index (κ3) is 6.80. The topological polar surface area (TPSA) is 47.2 Å². The van der Waals surface area contributed by atoms with Crippen LogP contribution in [-0.2, 0) is 6.54 Å². The maximum atomic E-state index is 15.0. The number of aromatic amines is 1. The number of H-pyrrole nitrogens is 1. The van der Waals surface area contributed by atoms with Gasteiger partial charge in [-0.05, 0) is 88.1 Å². The number of hydrogen-bond acceptors (Lipinski definition) is 4. The first-order chi connectivity index (χ1) is 18.4. The second-order valence-corrected chi connectivity index (χ2v) is 10.3. The second kappa shape index (κ2) is 13.0. The quantitative estimate of drug-likeness (QED) is 0.297. The molecule has 1 saturated heterocycles. The molecule has 0 bridgehead atoms. The fourth-order valence-electron chi connectivity index (χ4n) is 5.10. The number of nitrogens with one attached hydrogen (secondary N) is 2. The van der Waals surface area contributed by atoms with Crippen LogP contribution in [0.15, 0.2) is 36.9 Å². The largest absolute Gasteiger partial charge is 0.381 e. The summed E-state index contributed by atoms with van der Waals surface area (Å²) in [6, 6.07) is 8.90. The van der Waals surface area contributed by atoms with E-state index in [0.29, 0.717) is 23.5 Å². The molecule has 7 heteroatoms. The van der Waals surface area contributed by atoms with Crippen molar-refractivity contribution >= 4 is 16.6 Å². The molecule has 2 heterocycles. The maximum Gasteiger partial charge on any atom is 0.166 e. The number of likely N-dealkylation sites (tertiary alicyclic amines) is 1. The number of benzene rings is 2. The first-order valence-corrected chi connectivity index (χ1v) is 13.6. The Morgan fingerprint density at radius 1 is 1.21 bits per heavy atom. The molecule has 0 saturated carbocycles. The van der Waals surface area contributed by atoms with E-state index in [-0.39, 0.29) is 11.6 Å². The zero-order valence-electron chi connectivity index (χ0n) is 22.8. The summed E-state index contributed by atoms with van der Waals surface area (Å²) in [5.41, 5.74) is 3.91. The van der Waals surface area contributed by atoms with Crippen LogP contribution in [0.2, 0.25) is 0 Å². The summed E-state index contributed by atoms with van der Waals surface area (Å²) in [5.74, 6) is 4.39. The molecule has 3 aromatic rings. The van der Waals surface area contributed by atoms with Crippen LogP contribution in [0.5, 0.6) is 0 Å². The average Bonchev–Trinajstić information content (AvgIpc) is 3.35. The molecule has 2 N–H and O–H groups in total. The second-order valence-electron chi connectivity index (χ2n) is 10.3. The molecule has 1 unspecified atom stereocenters. The molecule has 0 spiro atoms. The lowest BCUT2D eigenvalue weighted by molar-refractivity contribution is 0.220. The van der Waals surface area contributed by atoms with Crippen LogP contribution in [0, 0.1) is 23.5 Å². The third-order valence-corrected chi connectivity index (χ3v) is 7.36. The van der Waals surface area contributed by atoms with E-state index in [4.69, 9.17) is 0 Å². The van der Waals surface area contributed by atoms with E-state index in [9.17, 15) is 4.39 Å². The highest BCUT2D eigenvalue weighted by molar-refractivity contribution is 5.92. The van der Waals surface area contributed by atoms with Gasteiger partial charge in [0.2, 0.25) is 0 Å². The van der Waals surface area contributed by atoms with Crippen molar-refractivity contribution < 1.29 is 8.78 Å². The van der Waals surface area contributed by atoms with Crippen LogP contribution in [0.1, 0.15) is 57.2 Å². The lowest BCUT2D eigenvalue weighted by atomic mass is 9.99. The van der Waals surface area contributed by atoms with Gasteiger partial charge in [-0.2, -0.15) is 5.10 Å². The molecule has 0 amide bonds. The standard InChI is InChI=1S/C31H39F2N5/c1-5-7-14-37(4)17-13-25(6-2)34-22(3)31-27-20-24(11-12-29(27)35-36-31)26-18-23(19-28(32)30(26)33)21-38-15-9-8-10-16-38/h11-12,18-20,25,34H,3,6,8-10,13-17,21H2,1-2,4H3,(H,35,36). The van der Waals surface area contributed by atoms with Crippen molar-refractivity contribution in [2.45, 2.75) is 58.5 Å². The van der Waals surface area contributed by atoms with E-state index in [1.165, 1.54) is 12.5 Å². The Morgan fingerprint density at radius 2 is 2.00 bits per heavy atom. The van der Waals surface area contributed by atoms with Crippen molar-refractivity contribution in [3.8, 4) is 23.0 Å². The number of rotatable bonds is 11. The molecule has 1 aliphatic rings. The summed E-state index contributed by atoms with van der Waals surface area (Å²) in [6.45, 7) is 12.5. The van der Waals surface area contributed by atoms with Gasteiger partial charge < -0.3 is 5.32 Å². The molecule has 0 aliphatic carbocycles. The first kappa shape index (κ1) is 27.8. The van der Waals surface area contributed by atoms with Crippen LogP contribution in [0.4, 0.5) is 8.78 Å². The minimum Gasteiger partial charge on any atom is -0.381 e. The molecule has 0 radical (unpaired) electrons. The summed E-state index contributed by atoms with van der Waals surface area (Å²) < 4.78 is 29.7. The molecule has 202 valence electrons. The Hall–Kier alpha value is -3.21. The van der Waals surface area contributed by atoms with Gasteiger partial charge in [0.15, 0.2) is 11.6 Å². The van der Waals surface area contributed by atoms with Gasteiger partial charge in [0, 0.05) is 30.1 Å². The molecular formula is C31H39F2N5. The molecule has 1 aliphatic heterocycles. The van der Waals surface area contributed by atoms with Gasteiger partial charge in [0.25, 0.3) is 0 Å². The van der Waals surface area contributed by atoms with Crippen LogP contribution in [0.25, 0.3) is 27.7 Å². The minimum absolute atomic E-state index is 0.229. The van der Waals surface area contributed by atoms with Crippen LogP contribution >= 0.6 is 0 Å². The van der Waals surface area contributed by atoms with E-state index in [1.54, 1.807) is 6.07 Å². The van der Waals surface area contributed by atoms with Gasteiger partial charge in [-0.15, -0.1) is 5.92 Å². The summed E-state index contributed by atoms with van der Waals surface area (Å²) in [7, 11) is 2.07. The predicted octanol–water partition coefficient (Wildman–Crippen LogP) is 6.18. The Morgan fingerprint density at radius 3 is 2.74 bits per heavy atom. The van der Waals surface area contributed by atoms with Crippen molar-refractivity contribution in [3.05, 3.63) is 59.8 Å². The van der Waals surface area contributed by atoms with Crippen LogP contribution in [0.3, 0.4) is 0 Å². The SMILES string of the molecule is C=C(NC(CC)CCN(C)CC#CC)c1n[nH]c2ccc(-c3cc(CN4CCCCC4)cc(F)c3F)cc12. The normalized spacial score (nSPS) is 14.9. The lowest BCUT2D eigenvalue weighted by Crippen LogP contribution is -2.32. The van der Waals surface area contributed by atoms with Gasteiger partial charge in [-0.1, -0.05) is 31.9 Å². The first-order valence-electron chi connectivity index (χ1n) is 13.6. The summed E-state index contributed by atoms with van der Waals surface area (Å²) in [5, 5.41) is 11.9. The third-order valence-electron chi connectivity index (χ3n) is 7.36. The van der Waals surface area contributed by atoms with E-state index >= 15 is 4.39 Å². The van der Waals surface area contributed by atoms with Crippen molar-refractivity contribution in [2.24, 2.45) is 0 Å². The molecule has 5 nitrogen and oxygen atoms in total. The van der Waals surface area contributed by atoms with E-state index in [1.807, 2.05) is 25.1 Å². The Kier molecular flexibility index (Phi) is 9.54. The van der Waals surface area contributed by atoms with Gasteiger partial charge in [-0.3, -0.25) is 14.9 Å². The van der Waals surface area contributed by atoms with Crippen LogP contribution < -0.4 is 5.32 Å². The fraction of sp³-hybridized carbons (Fsp3) is 0.452. The molecule has 1 atom stereocenters. The van der Waals surface area contributed by atoms with Crippen molar-refractivity contribution in [1.82, 2.24) is 25.3 Å². The predicted molar refractivity (Wildman–Crippen MR) is 152 cm³/mol. The van der Waals surface area contributed by atoms with Gasteiger partial charge in [0.05, 0.1) is 17.8 Å². The van der Waals surface area contributed by atoms with Crippen molar-refractivity contribution in [2.75, 3.05) is 33.2 Å². The van der Waals surface area contributed by atoms with Gasteiger partial charge >= 0.3 is 0 Å². The van der Waals surface area contributed by atoms with Crippen LogP contribution in [-0.4, -0.2) is 59.3 Å². The smallest absolute Gasteiger partial charge is 0.166 e. The van der Waals surface area contributed by atoms with E-state index in [2.05, 4.69) is 57.7 Å². The van der Waals surface area contributed by atoms with E-state index in [0.717, 1.165) is 68.3 Å². The average molecular weight is 520 g/mol. The molecule has 4 rings (SSSR count). The summed E-state index contributed by atoms with van der Waals surface area (Å²) in [4.78, 5) is 4.51. The highest BCUT2D eigenvalue weighted by Gasteiger charge is 2.18. The number of halogens is 2. The molecule has 38 heavy (non-hydrogen) atoms. The zero-order valence-corrected chi connectivity index (χ0v) is 22.8. The number of hydrogen-bond donors (Lipinski definition) is 2. The van der Waals surface area contributed by atoms with Crippen molar-refractivity contribution in [1.29, 1.82) is 0 Å². The number of nitrogens with zero attached hydrogens (tertiary/aromatic N) is 3. The highest BCUT2D eigenvalue weighted by Crippen LogP contribution is 2.31. The van der Waals surface area contributed by atoms with Gasteiger partial charge in [0.1, 0.15) is 5.69 Å². The monoisotopic (exact) mass is 519 g/mol. The molecular weight excluding hydrogens is 480 g/mol. The Bertz CT molecular complexity index is 1310. The molecule has 2 aromatic carbocycles. The molecule has 1 aromatic heterocycles. The Labute approximate surface area is 225 Å². The summed E-state index contributed by atoms with van der Waals surface area (Å²) in [6.07, 6.45) is 5.42. The number of fused-ring (bicyclic) bond motifs is 1. The fourth-order valence-corrected chi connectivity index (χ4v) is 5.10. The minimum atomic E-state index is -0.823.